The Balaban J connectivity index is 1.09. The molecular formula is C71H38N8. The molecule has 0 aliphatic carbocycles. The third-order valence-electron chi connectivity index (χ3n) is 15.5. The van der Waals surface area contributed by atoms with Crippen LogP contribution < -0.4 is 0 Å². The van der Waals surface area contributed by atoms with Crippen LogP contribution in [0.15, 0.2) is 231 Å². The second-order valence-corrected chi connectivity index (χ2v) is 19.6. The topological polar surface area (TPSA) is 134 Å². The molecule has 0 bridgehead atoms. The van der Waals surface area contributed by atoms with Crippen LogP contribution in [0.5, 0.6) is 0 Å². The van der Waals surface area contributed by atoms with Crippen LogP contribution >= 0.6 is 0 Å². The molecule has 0 spiro atoms. The predicted molar refractivity (Wildman–Crippen MR) is 315 cm³/mol. The molecule has 0 N–H and O–H groups in total. The van der Waals surface area contributed by atoms with Gasteiger partial charge in [-0.05, 0) is 142 Å². The zero-order chi connectivity index (χ0) is 53.3. The van der Waals surface area contributed by atoms with Crippen molar-refractivity contribution in [3.63, 3.8) is 0 Å². The SMILES string of the molecule is N#Cc1ccc(-n2c3ccccc3c3cc(-c4ccccc4C#N)ccc32)c(-c2cc(-n3c4ccccc4c4cc(-c5ccccc5C#N)ccc43)c(C#N)c(-n3c4ccccc4c4cc(-c5ccccc5C#N)ccc43)c2)c1. The highest BCUT2D eigenvalue weighted by atomic mass is 15.0. The lowest BCUT2D eigenvalue weighted by Crippen LogP contribution is -2.06. The number of para-hydroxylation sites is 3. The molecular weight excluding hydrogens is 965 g/mol. The molecule has 0 amide bonds. The quantitative estimate of drug-likeness (QED) is 0.157. The highest BCUT2D eigenvalue weighted by molar-refractivity contribution is 6.14. The smallest absolute Gasteiger partial charge is 0.104 e. The molecule has 0 unspecified atom stereocenters. The summed E-state index contributed by atoms with van der Waals surface area (Å²) >= 11 is 0. The van der Waals surface area contributed by atoms with Gasteiger partial charge in [0.25, 0.3) is 0 Å². The van der Waals surface area contributed by atoms with Crippen LogP contribution in [0.3, 0.4) is 0 Å². The lowest BCUT2D eigenvalue weighted by molar-refractivity contribution is 1.12. The monoisotopic (exact) mass is 1000 g/mol. The lowest BCUT2D eigenvalue weighted by Gasteiger charge is -2.20. The van der Waals surface area contributed by atoms with Gasteiger partial charge in [0.2, 0.25) is 0 Å². The van der Waals surface area contributed by atoms with Crippen molar-refractivity contribution in [1.82, 2.24) is 13.7 Å². The fourth-order valence-corrected chi connectivity index (χ4v) is 12.0. The minimum Gasteiger partial charge on any atom is -0.309 e. The highest BCUT2D eigenvalue weighted by Gasteiger charge is 2.26. The first-order valence-electron chi connectivity index (χ1n) is 25.7. The molecule has 0 saturated carbocycles. The summed E-state index contributed by atoms with van der Waals surface area (Å²) in [7, 11) is 0. The Kier molecular flexibility index (Phi) is 10.6. The Bertz CT molecular complexity index is 4970. The number of nitrogens with zero attached hydrogens (tertiary/aromatic N) is 8. The Labute approximate surface area is 453 Å². The summed E-state index contributed by atoms with van der Waals surface area (Å²) in [6.45, 7) is 0. The molecule has 0 radical (unpaired) electrons. The molecule has 3 heterocycles. The standard InChI is InChI=1S/C71H38N8/c72-39-44-25-29-66(77-63-22-10-7-19-55(63)59-34-45(26-30-67(59)77)52-16-4-1-13-48(52)40-73)58(33-44)51-37-70(78-64-23-11-8-20-56(64)60-35-46(27-31-68(60)78)53-17-5-2-14-49(53)41-74)62(43-76)71(38-51)79-65-24-12-9-21-57(65)61-36-47(28-32-69(61)79)54-18-6-3-15-50(54)42-75/h1-38H. The molecule has 0 atom stereocenters. The lowest BCUT2D eigenvalue weighted by atomic mass is 9.96. The van der Waals surface area contributed by atoms with Gasteiger partial charge < -0.3 is 13.7 Å². The van der Waals surface area contributed by atoms with E-state index in [1.165, 1.54) is 0 Å². The van der Waals surface area contributed by atoms with Crippen molar-refractivity contribution in [2.24, 2.45) is 0 Å². The number of aromatic nitrogens is 3. The molecule has 14 rings (SSSR count). The van der Waals surface area contributed by atoms with Crippen molar-refractivity contribution >= 4 is 65.4 Å². The first kappa shape index (κ1) is 45.9. The van der Waals surface area contributed by atoms with Crippen LogP contribution in [0.2, 0.25) is 0 Å². The molecule has 14 aromatic rings. The van der Waals surface area contributed by atoms with Gasteiger partial charge >= 0.3 is 0 Å². The molecule has 0 fully saturated rings. The van der Waals surface area contributed by atoms with Gasteiger partial charge in [0.1, 0.15) is 11.6 Å². The van der Waals surface area contributed by atoms with E-state index in [0.717, 1.165) is 116 Å². The van der Waals surface area contributed by atoms with Gasteiger partial charge in [0, 0.05) is 37.9 Å². The van der Waals surface area contributed by atoms with Gasteiger partial charge in [-0.2, -0.15) is 26.3 Å². The number of fused-ring (bicyclic) bond motifs is 9. The van der Waals surface area contributed by atoms with Gasteiger partial charge in [-0.25, -0.2) is 0 Å². The van der Waals surface area contributed by atoms with E-state index < -0.39 is 0 Å². The molecule has 8 nitrogen and oxygen atoms in total. The third-order valence-corrected chi connectivity index (χ3v) is 15.5. The van der Waals surface area contributed by atoms with Crippen molar-refractivity contribution in [2.45, 2.75) is 0 Å². The average molecular weight is 1000 g/mol. The van der Waals surface area contributed by atoms with Crippen molar-refractivity contribution in [2.75, 3.05) is 0 Å². The second kappa shape index (κ2) is 18.3. The van der Waals surface area contributed by atoms with Crippen LogP contribution in [-0.2, 0) is 0 Å². The maximum absolute atomic E-state index is 11.9. The van der Waals surface area contributed by atoms with E-state index in [2.05, 4.69) is 135 Å². The van der Waals surface area contributed by atoms with Crippen molar-refractivity contribution < 1.29 is 0 Å². The van der Waals surface area contributed by atoms with Crippen molar-refractivity contribution in [3.05, 3.63) is 258 Å². The van der Waals surface area contributed by atoms with Crippen LogP contribution in [0, 0.1) is 56.7 Å². The molecule has 3 aromatic heterocycles. The van der Waals surface area contributed by atoms with Gasteiger partial charge in [-0.3, -0.25) is 0 Å². The minimum absolute atomic E-state index is 0.423. The van der Waals surface area contributed by atoms with E-state index >= 15 is 0 Å². The summed E-state index contributed by atoms with van der Waals surface area (Å²) < 4.78 is 6.60. The van der Waals surface area contributed by atoms with Crippen LogP contribution in [0.1, 0.15) is 27.8 Å². The number of rotatable bonds is 7. The van der Waals surface area contributed by atoms with Crippen molar-refractivity contribution in [3.8, 4) is 91.9 Å². The molecule has 79 heavy (non-hydrogen) atoms. The normalized spacial score (nSPS) is 11.2. The van der Waals surface area contributed by atoms with Crippen LogP contribution in [0.4, 0.5) is 0 Å². The number of hydrogen-bond acceptors (Lipinski definition) is 5. The van der Waals surface area contributed by atoms with Gasteiger partial charge in [0.05, 0.1) is 96.7 Å². The van der Waals surface area contributed by atoms with Crippen LogP contribution in [-0.4, -0.2) is 13.7 Å². The first-order chi connectivity index (χ1) is 39.0. The van der Waals surface area contributed by atoms with Gasteiger partial charge in [0.15, 0.2) is 0 Å². The number of benzene rings is 11. The fourth-order valence-electron chi connectivity index (χ4n) is 12.0. The van der Waals surface area contributed by atoms with E-state index in [4.69, 9.17) is 0 Å². The Morgan fingerprint density at radius 1 is 0.241 bits per heavy atom. The Hall–Kier alpha value is -11.7. The summed E-state index contributed by atoms with van der Waals surface area (Å²) in [6, 6.07) is 88.7. The zero-order valence-corrected chi connectivity index (χ0v) is 42.0. The predicted octanol–water partition coefficient (Wildman–Crippen LogP) is 17.0. The molecule has 0 aliphatic heterocycles. The Morgan fingerprint density at radius 2 is 0.595 bits per heavy atom. The van der Waals surface area contributed by atoms with E-state index in [1.807, 2.05) is 140 Å². The van der Waals surface area contributed by atoms with E-state index in [9.17, 15) is 26.3 Å². The fraction of sp³-hybridized carbons (Fsp3) is 0. The highest BCUT2D eigenvalue weighted by Crippen LogP contribution is 2.45. The third kappa shape index (κ3) is 7.11. The summed E-state index contributed by atoms with van der Waals surface area (Å²) in [5, 5.41) is 59.0. The van der Waals surface area contributed by atoms with E-state index in [1.54, 1.807) is 0 Å². The number of nitriles is 5. The summed E-state index contributed by atoms with van der Waals surface area (Å²) in [6.07, 6.45) is 0. The molecule has 362 valence electrons. The van der Waals surface area contributed by atoms with Gasteiger partial charge in [-0.1, -0.05) is 127 Å². The average Bonchev–Trinajstić information content (AvgIpc) is 4.18. The zero-order valence-electron chi connectivity index (χ0n) is 42.0. The van der Waals surface area contributed by atoms with Crippen molar-refractivity contribution in [1.29, 1.82) is 26.3 Å². The summed E-state index contributed by atoms with van der Waals surface area (Å²) in [4.78, 5) is 0. The van der Waals surface area contributed by atoms with Gasteiger partial charge in [-0.15, -0.1) is 0 Å². The summed E-state index contributed by atoms with van der Waals surface area (Å²) in [5.74, 6) is 0. The Morgan fingerprint density at radius 3 is 0.975 bits per heavy atom. The number of hydrogen-bond donors (Lipinski definition) is 0. The van der Waals surface area contributed by atoms with Crippen LogP contribution in [0.25, 0.3) is 127 Å². The maximum atomic E-state index is 11.9. The maximum Gasteiger partial charge on any atom is 0.104 e. The minimum atomic E-state index is 0.423. The molecule has 11 aromatic carbocycles. The largest absolute Gasteiger partial charge is 0.309 e. The molecule has 0 aliphatic rings. The first-order valence-corrected chi connectivity index (χ1v) is 25.7. The summed E-state index contributed by atoms with van der Waals surface area (Å²) in [5.41, 5.74) is 16.9. The van der Waals surface area contributed by atoms with E-state index in [-0.39, 0.29) is 0 Å². The van der Waals surface area contributed by atoms with E-state index in [0.29, 0.717) is 39.2 Å². The molecule has 0 saturated heterocycles. The molecule has 8 heteroatoms. The second-order valence-electron chi connectivity index (χ2n) is 19.6.